The minimum atomic E-state index is -3.95. The van der Waals surface area contributed by atoms with Gasteiger partial charge in [0.1, 0.15) is 0 Å². The fraction of sp³-hybridized carbons (Fsp3) is 0.231. The fourth-order valence-corrected chi connectivity index (χ4v) is 4.75. The van der Waals surface area contributed by atoms with Gasteiger partial charge in [0, 0.05) is 6.54 Å². The van der Waals surface area contributed by atoms with E-state index in [-0.39, 0.29) is 10.8 Å². The van der Waals surface area contributed by atoms with E-state index in [1.54, 1.807) is 32.0 Å². The van der Waals surface area contributed by atoms with Gasteiger partial charge in [0.25, 0.3) is 10.0 Å². The second kappa shape index (κ2) is 5.82. The maximum Gasteiger partial charge on any atom is 0.356 e. The van der Waals surface area contributed by atoms with Crippen LogP contribution in [0.4, 0.5) is 5.69 Å². The Balaban J connectivity index is 2.58. The van der Waals surface area contributed by atoms with Crippen molar-refractivity contribution in [1.29, 1.82) is 0 Å². The zero-order valence-electron chi connectivity index (χ0n) is 11.5. The molecule has 0 amide bonds. The van der Waals surface area contributed by atoms with E-state index in [2.05, 4.69) is 4.98 Å². The number of carboxylic acid groups (broad SMARTS) is 1. The Hall–Kier alpha value is -1.93. The molecule has 0 saturated heterocycles. The largest absolute Gasteiger partial charge is 0.476 e. The van der Waals surface area contributed by atoms with Gasteiger partial charge in [-0.2, -0.15) is 0 Å². The smallest absolute Gasteiger partial charge is 0.356 e. The standard InChI is InChI=1S/C13H14N2O4S2/c1-3-15(10-7-5-4-6-9(10)2)21(18,19)13-11(12(16)17)14-8-20-13/h4-8H,3H2,1-2H3,(H,16,17). The SMILES string of the molecule is CCN(c1ccccc1C)S(=O)(=O)c1scnc1C(=O)O. The summed E-state index contributed by atoms with van der Waals surface area (Å²) in [4.78, 5) is 14.7. The Morgan fingerprint density at radius 3 is 2.62 bits per heavy atom. The highest BCUT2D eigenvalue weighted by Gasteiger charge is 2.31. The molecule has 0 unspecified atom stereocenters. The van der Waals surface area contributed by atoms with Crippen molar-refractivity contribution in [2.75, 3.05) is 10.8 Å². The monoisotopic (exact) mass is 326 g/mol. The normalized spacial score (nSPS) is 11.3. The van der Waals surface area contributed by atoms with E-state index < -0.39 is 21.7 Å². The predicted octanol–water partition coefficient (Wildman–Crippen LogP) is 2.36. The molecule has 0 aliphatic carbocycles. The summed E-state index contributed by atoms with van der Waals surface area (Å²) in [5.74, 6) is -1.35. The Kier molecular flexibility index (Phi) is 4.29. The van der Waals surface area contributed by atoms with Gasteiger partial charge in [-0.3, -0.25) is 4.31 Å². The van der Waals surface area contributed by atoms with E-state index >= 15 is 0 Å². The van der Waals surface area contributed by atoms with E-state index in [4.69, 9.17) is 5.11 Å². The van der Waals surface area contributed by atoms with E-state index in [9.17, 15) is 13.2 Å². The van der Waals surface area contributed by atoms with Crippen LogP contribution in [0, 0.1) is 6.92 Å². The number of benzene rings is 1. The van der Waals surface area contributed by atoms with Crippen molar-refractivity contribution in [3.63, 3.8) is 0 Å². The molecule has 21 heavy (non-hydrogen) atoms. The molecule has 0 fully saturated rings. The molecule has 0 spiro atoms. The topological polar surface area (TPSA) is 87.6 Å². The molecular weight excluding hydrogens is 312 g/mol. The van der Waals surface area contributed by atoms with Gasteiger partial charge in [-0.05, 0) is 25.5 Å². The molecule has 1 aromatic carbocycles. The Morgan fingerprint density at radius 2 is 2.05 bits per heavy atom. The van der Waals surface area contributed by atoms with Crippen molar-refractivity contribution in [3.8, 4) is 0 Å². The van der Waals surface area contributed by atoms with Gasteiger partial charge in [0.05, 0.1) is 11.2 Å². The Bertz CT molecular complexity index is 768. The number of nitrogens with zero attached hydrogens (tertiary/aromatic N) is 2. The highest BCUT2D eigenvalue weighted by Crippen LogP contribution is 2.30. The van der Waals surface area contributed by atoms with Crippen LogP contribution in [-0.4, -0.2) is 31.0 Å². The van der Waals surface area contributed by atoms with Crippen LogP contribution in [0.5, 0.6) is 0 Å². The summed E-state index contributed by atoms with van der Waals surface area (Å²) in [5, 5.41) is 9.06. The van der Waals surface area contributed by atoms with Gasteiger partial charge in [0.15, 0.2) is 9.90 Å². The number of para-hydroxylation sites is 1. The van der Waals surface area contributed by atoms with Crippen molar-refractivity contribution in [2.45, 2.75) is 18.1 Å². The summed E-state index contributed by atoms with van der Waals surface area (Å²) in [6.45, 7) is 3.70. The first-order valence-electron chi connectivity index (χ1n) is 6.14. The first-order chi connectivity index (χ1) is 9.89. The van der Waals surface area contributed by atoms with Crippen LogP contribution in [0.15, 0.2) is 34.0 Å². The lowest BCUT2D eigenvalue weighted by atomic mass is 10.2. The maximum absolute atomic E-state index is 12.7. The van der Waals surface area contributed by atoms with Crippen molar-refractivity contribution in [2.24, 2.45) is 0 Å². The van der Waals surface area contributed by atoms with Gasteiger partial charge in [0.2, 0.25) is 0 Å². The highest BCUT2D eigenvalue weighted by molar-refractivity contribution is 7.94. The van der Waals surface area contributed by atoms with Crippen LogP contribution in [0.25, 0.3) is 0 Å². The van der Waals surface area contributed by atoms with Crippen LogP contribution in [0.1, 0.15) is 23.0 Å². The maximum atomic E-state index is 12.7. The number of aryl methyl sites for hydroxylation is 1. The number of thiazole rings is 1. The first-order valence-corrected chi connectivity index (χ1v) is 8.46. The number of hydrogen-bond donors (Lipinski definition) is 1. The Labute approximate surface area is 126 Å². The lowest BCUT2D eigenvalue weighted by Gasteiger charge is -2.23. The predicted molar refractivity (Wildman–Crippen MR) is 80.5 cm³/mol. The molecule has 112 valence electrons. The van der Waals surface area contributed by atoms with E-state index in [0.29, 0.717) is 5.69 Å². The van der Waals surface area contributed by atoms with Crippen molar-refractivity contribution < 1.29 is 18.3 Å². The third-order valence-electron chi connectivity index (χ3n) is 2.93. The van der Waals surface area contributed by atoms with Crippen LogP contribution in [-0.2, 0) is 10.0 Å². The number of sulfonamides is 1. The van der Waals surface area contributed by atoms with Gasteiger partial charge in [-0.25, -0.2) is 18.2 Å². The summed E-state index contributed by atoms with van der Waals surface area (Å²) >= 11 is 0.807. The third kappa shape index (κ3) is 2.77. The molecular formula is C13H14N2O4S2. The third-order valence-corrected chi connectivity index (χ3v) is 6.17. The number of aromatic carboxylic acids is 1. The second-order valence-electron chi connectivity index (χ2n) is 4.25. The summed E-state index contributed by atoms with van der Waals surface area (Å²) in [6, 6.07) is 7.05. The summed E-state index contributed by atoms with van der Waals surface area (Å²) in [6.07, 6.45) is 0. The summed E-state index contributed by atoms with van der Waals surface area (Å²) in [7, 11) is -3.95. The molecule has 2 aromatic rings. The Morgan fingerprint density at radius 1 is 1.38 bits per heavy atom. The van der Waals surface area contributed by atoms with Gasteiger partial charge >= 0.3 is 5.97 Å². The minimum absolute atomic E-state index is 0.199. The molecule has 0 aliphatic rings. The molecule has 0 bridgehead atoms. The van der Waals surface area contributed by atoms with E-state index in [1.165, 1.54) is 9.82 Å². The number of carbonyl (C=O) groups is 1. The number of carboxylic acids is 1. The number of rotatable bonds is 5. The van der Waals surface area contributed by atoms with E-state index in [1.807, 2.05) is 6.07 Å². The molecule has 6 nitrogen and oxygen atoms in total. The van der Waals surface area contributed by atoms with Gasteiger partial charge in [-0.1, -0.05) is 18.2 Å². The lowest BCUT2D eigenvalue weighted by molar-refractivity contribution is 0.0687. The number of hydrogen-bond acceptors (Lipinski definition) is 5. The van der Waals surface area contributed by atoms with Crippen molar-refractivity contribution in [3.05, 3.63) is 41.0 Å². The minimum Gasteiger partial charge on any atom is -0.476 e. The molecule has 0 aliphatic heterocycles. The van der Waals surface area contributed by atoms with E-state index in [0.717, 1.165) is 16.9 Å². The lowest BCUT2D eigenvalue weighted by Crippen LogP contribution is -2.31. The zero-order valence-corrected chi connectivity index (χ0v) is 13.1. The van der Waals surface area contributed by atoms with Gasteiger partial charge < -0.3 is 5.11 Å². The molecule has 1 N–H and O–H groups in total. The molecule has 0 radical (unpaired) electrons. The van der Waals surface area contributed by atoms with Crippen molar-refractivity contribution in [1.82, 2.24) is 4.98 Å². The first kappa shape index (κ1) is 15.5. The van der Waals surface area contributed by atoms with Crippen molar-refractivity contribution >= 4 is 33.0 Å². The quantitative estimate of drug-likeness (QED) is 0.911. The highest BCUT2D eigenvalue weighted by atomic mass is 32.2. The molecule has 1 heterocycles. The molecule has 1 aromatic heterocycles. The number of aromatic nitrogens is 1. The second-order valence-corrected chi connectivity index (χ2v) is 7.16. The molecule has 0 atom stereocenters. The summed E-state index contributed by atoms with van der Waals surface area (Å²) < 4.78 is 26.4. The van der Waals surface area contributed by atoms with Crippen LogP contribution >= 0.6 is 11.3 Å². The van der Waals surface area contributed by atoms with Gasteiger partial charge in [-0.15, -0.1) is 11.3 Å². The molecule has 8 heteroatoms. The average Bonchev–Trinajstić information content (AvgIpc) is 2.91. The summed E-state index contributed by atoms with van der Waals surface area (Å²) in [5.41, 5.74) is 2.11. The van der Waals surface area contributed by atoms with Crippen LogP contribution in [0.2, 0.25) is 0 Å². The molecule has 2 rings (SSSR count). The molecule has 0 saturated carbocycles. The number of anilines is 1. The average molecular weight is 326 g/mol. The van der Waals surface area contributed by atoms with Crippen LogP contribution in [0.3, 0.4) is 0 Å². The zero-order chi connectivity index (χ0) is 15.6. The van der Waals surface area contributed by atoms with Crippen LogP contribution < -0.4 is 4.31 Å². The fourth-order valence-electron chi connectivity index (χ4n) is 1.97.